The Bertz CT molecular complexity index is 758. The van der Waals surface area contributed by atoms with Crippen LogP contribution in [0.1, 0.15) is 15.9 Å². The van der Waals surface area contributed by atoms with Gasteiger partial charge in [-0.2, -0.15) is 0 Å². The summed E-state index contributed by atoms with van der Waals surface area (Å²) in [6.45, 7) is 0. The molecule has 98 valence electrons. The van der Waals surface area contributed by atoms with Crippen LogP contribution in [0.4, 0.5) is 5.69 Å². The highest BCUT2D eigenvalue weighted by Crippen LogP contribution is 2.18. The first-order chi connectivity index (χ1) is 9.74. The number of ketones is 1. The first-order valence-electron chi connectivity index (χ1n) is 6.45. The number of hydrogen-bond donors (Lipinski definition) is 1. The van der Waals surface area contributed by atoms with Crippen LogP contribution < -0.4 is 5.73 Å². The number of fused-ring (bicyclic) bond motifs is 1. The molecular formula is C17H14N2O. The molecule has 2 aromatic carbocycles. The summed E-state index contributed by atoms with van der Waals surface area (Å²) < 4.78 is 0. The van der Waals surface area contributed by atoms with Gasteiger partial charge < -0.3 is 5.73 Å². The van der Waals surface area contributed by atoms with Crippen LogP contribution in [-0.4, -0.2) is 10.8 Å². The molecule has 20 heavy (non-hydrogen) atoms. The van der Waals surface area contributed by atoms with E-state index in [1.54, 1.807) is 6.20 Å². The minimum atomic E-state index is 0.0911. The molecule has 0 saturated heterocycles. The molecule has 0 unspecified atom stereocenters. The van der Waals surface area contributed by atoms with Crippen molar-refractivity contribution in [3.05, 3.63) is 71.9 Å². The Morgan fingerprint density at radius 1 is 1.00 bits per heavy atom. The van der Waals surface area contributed by atoms with Crippen molar-refractivity contribution in [2.45, 2.75) is 6.42 Å². The van der Waals surface area contributed by atoms with Crippen LogP contribution in [0.25, 0.3) is 10.9 Å². The molecule has 3 heteroatoms. The van der Waals surface area contributed by atoms with Crippen molar-refractivity contribution in [3.63, 3.8) is 0 Å². The Balaban J connectivity index is 1.94. The van der Waals surface area contributed by atoms with E-state index in [0.717, 1.165) is 16.5 Å². The van der Waals surface area contributed by atoms with Gasteiger partial charge in [0.05, 0.1) is 5.52 Å². The molecule has 0 bridgehead atoms. The van der Waals surface area contributed by atoms with Crippen molar-refractivity contribution in [1.29, 1.82) is 0 Å². The van der Waals surface area contributed by atoms with E-state index in [1.807, 2.05) is 54.6 Å². The van der Waals surface area contributed by atoms with Crippen LogP contribution in [0.2, 0.25) is 0 Å². The van der Waals surface area contributed by atoms with Gasteiger partial charge in [-0.25, -0.2) is 0 Å². The molecule has 0 aliphatic rings. The average molecular weight is 262 g/mol. The zero-order valence-electron chi connectivity index (χ0n) is 10.9. The summed E-state index contributed by atoms with van der Waals surface area (Å²) in [5.41, 5.74) is 8.88. The Morgan fingerprint density at radius 2 is 1.80 bits per heavy atom. The number of carbonyl (C=O) groups is 1. The molecule has 0 fully saturated rings. The van der Waals surface area contributed by atoms with E-state index < -0.39 is 0 Å². The standard InChI is InChI=1S/C17H14N2O/c18-13-8-6-12(7-9-13)11-17(20)15-3-1-5-16-14(15)4-2-10-19-16/h1-10H,11,18H2. The minimum Gasteiger partial charge on any atom is -0.399 e. The van der Waals surface area contributed by atoms with E-state index in [0.29, 0.717) is 17.7 Å². The summed E-state index contributed by atoms with van der Waals surface area (Å²) in [6, 6.07) is 16.8. The third kappa shape index (κ3) is 2.38. The smallest absolute Gasteiger partial charge is 0.167 e. The quantitative estimate of drug-likeness (QED) is 0.582. The van der Waals surface area contributed by atoms with Crippen molar-refractivity contribution in [2.24, 2.45) is 0 Å². The fraction of sp³-hybridized carbons (Fsp3) is 0.0588. The second-order valence-electron chi connectivity index (χ2n) is 4.72. The van der Waals surface area contributed by atoms with E-state index in [4.69, 9.17) is 5.73 Å². The number of benzene rings is 2. The van der Waals surface area contributed by atoms with Crippen LogP contribution in [0.3, 0.4) is 0 Å². The molecule has 2 N–H and O–H groups in total. The fourth-order valence-corrected chi connectivity index (χ4v) is 2.26. The molecule has 1 aromatic heterocycles. The number of nitrogens with zero attached hydrogens (tertiary/aromatic N) is 1. The summed E-state index contributed by atoms with van der Waals surface area (Å²) in [5.74, 6) is 0.0911. The van der Waals surface area contributed by atoms with Gasteiger partial charge in [0, 0.05) is 29.3 Å². The third-order valence-electron chi connectivity index (χ3n) is 3.29. The number of rotatable bonds is 3. The van der Waals surface area contributed by atoms with Gasteiger partial charge in [0.15, 0.2) is 5.78 Å². The van der Waals surface area contributed by atoms with Crippen LogP contribution in [-0.2, 0) is 6.42 Å². The van der Waals surface area contributed by atoms with Crippen molar-refractivity contribution >= 4 is 22.4 Å². The van der Waals surface area contributed by atoms with Gasteiger partial charge in [-0.15, -0.1) is 0 Å². The lowest BCUT2D eigenvalue weighted by molar-refractivity contribution is 0.0994. The highest BCUT2D eigenvalue weighted by molar-refractivity contribution is 6.08. The molecule has 0 atom stereocenters. The molecule has 0 radical (unpaired) electrons. The molecule has 3 nitrogen and oxygen atoms in total. The lowest BCUT2D eigenvalue weighted by atomic mass is 9.99. The number of hydrogen-bond acceptors (Lipinski definition) is 3. The monoisotopic (exact) mass is 262 g/mol. The van der Waals surface area contributed by atoms with E-state index in [1.165, 1.54) is 0 Å². The summed E-state index contributed by atoms with van der Waals surface area (Å²) in [5, 5.41) is 0.899. The molecular weight excluding hydrogens is 248 g/mol. The van der Waals surface area contributed by atoms with Crippen LogP contribution in [0.5, 0.6) is 0 Å². The predicted molar refractivity (Wildman–Crippen MR) is 80.6 cm³/mol. The predicted octanol–water partition coefficient (Wildman–Crippen LogP) is 3.24. The lowest BCUT2D eigenvalue weighted by Gasteiger charge is -2.05. The number of nitrogens with two attached hydrogens (primary N) is 1. The number of pyridine rings is 1. The highest BCUT2D eigenvalue weighted by atomic mass is 16.1. The maximum absolute atomic E-state index is 12.5. The van der Waals surface area contributed by atoms with Gasteiger partial charge >= 0.3 is 0 Å². The Hall–Kier alpha value is -2.68. The largest absolute Gasteiger partial charge is 0.399 e. The maximum Gasteiger partial charge on any atom is 0.167 e. The van der Waals surface area contributed by atoms with E-state index >= 15 is 0 Å². The van der Waals surface area contributed by atoms with E-state index in [9.17, 15) is 4.79 Å². The van der Waals surface area contributed by atoms with Crippen LogP contribution >= 0.6 is 0 Å². The zero-order chi connectivity index (χ0) is 13.9. The zero-order valence-corrected chi connectivity index (χ0v) is 10.9. The summed E-state index contributed by atoms with van der Waals surface area (Å²) in [7, 11) is 0. The van der Waals surface area contributed by atoms with Crippen molar-refractivity contribution in [1.82, 2.24) is 4.98 Å². The maximum atomic E-state index is 12.5. The van der Waals surface area contributed by atoms with Crippen molar-refractivity contribution in [3.8, 4) is 0 Å². The Kier molecular flexibility index (Phi) is 3.17. The Morgan fingerprint density at radius 3 is 2.60 bits per heavy atom. The van der Waals surface area contributed by atoms with E-state index in [2.05, 4.69) is 4.98 Å². The fourth-order valence-electron chi connectivity index (χ4n) is 2.26. The summed E-state index contributed by atoms with van der Waals surface area (Å²) in [6.07, 6.45) is 2.10. The second-order valence-corrected chi connectivity index (χ2v) is 4.72. The average Bonchev–Trinajstić information content (AvgIpc) is 2.49. The molecule has 0 aliphatic carbocycles. The van der Waals surface area contributed by atoms with Crippen LogP contribution in [0.15, 0.2) is 60.8 Å². The SMILES string of the molecule is Nc1ccc(CC(=O)c2cccc3ncccc23)cc1. The van der Waals surface area contributed by atoms with Gasteiger partial charge in [-0.3, -0.25) is 9.78 Å². The molecule has 3 aromatic rings. The minimum absolute atomic E-state index is 0.0911. The van der Waals surface area contributed by atoms with Gasteiger partial charge in [0.25, 0.3) is 0 Å². The first kappa shape index (κ1) is 12.4. The van der Waals surface area contributed by atoms with Crippen LogP contribution in [0, 0.1) is 0 Å². The topological polar surface area (TPSA) is 56.0 Å². The highest BCUT2D eigenvalue weighted by Gasteiger charge is 2.10. The normalized spacial score (nSPS) is 10.6. The van der Waals surface area contributed by atoms with Gasteiger partial charge in [0.2, 0.25) is 0 Å². The lowest BCUT2D eigenvalue weighted by Crippen LogP contribution is -2.04. The summed E-state index contributed by atoms with van der Waals surface area (Å²) in [4.78, 5) is 16.7. The first-order valence-corrected chi connectivity index (χ1v) is 6.45. The number of nitrogen functional groups attached to an aromatic ring is 1. The second kappa shape index (κ2) is 5.13. The van der Waals surface area contributed by atoms with Gasteiger partial charge in [-0.05, 0) is 29.8 Å². The Labute approximate surface area is 117 Å². The molecule has 0 amide bonds. The van der Waals surface area contributed by atoms with Crippen molar-refractivity contribution in [2.75, 3.05) is 5.73 Å². The summed E-state index contributed by atoms with van der Waals surface area (Å²) >= 11 is 0. The van der Waals surface area contributed by atoms with E-state index in [-0.39, 0.29) is 5.78 Å². The number of aromatic nitrogens is 1. The molecule has 3 rings (SSSR count). The number of anilines is 1. The molecule has 0 aliphatic heterocycles. The number of Topliss-reactive ketones (excluding diaryl/α,β-unsaturated/α-hetero) is 1. The molecule has 0 spiro atoms. The molecule has 1 heterocycles. The molecule has 0 saturated carbocycles. The third-order valence-corrected chi connectivity index (χ3v) is 3.29. The van der Waals surface area contributed by atoms with Gasteiger partial charge in [0.1, 0.15) is 0 Å². The van der Waals surface area contributed by atoms with Crippen molar-refractivity contribution < 1.29 is 4.79 Å². The van der Waals surface area contributed by atoms with Gasteiger partial charge in [-0.1, -0.05) is 30.3 Å². The number of carbonyl (C=O) groups excluding carboxylic acids is 1.